The van der Waals surface area contributed by atoms with E-state index in [4.69, 9.17) is 9.47 Å². The fourth-order valence-electron chi connectivity index (χ4n) is 2.48. The molecule has 0 aromatic carbocycles. The molecule has 0 spiro atoms. The third-order valence-electron chi connectivity index (χ3n) is 3.51. The molecule has 0 N–H and O–H groups in total. The van der Waals surface area contributed by atoms with E-state index in [0.29, 0.717) is 0 Å². The van der Waals surface area contributed by atoms with Crippen LogP contribution in [0.3, 0.4) is 0 Å². The van der Waals surface area contributed by atoms with Crippen molar-refractivity contribution in [1.82, 2.24) is 4.98 Å². The van der Waals surface area contributed by atoms with Crippen LogP contribution in [0.2, 0.25) is 0 Å². The van der Waals surface area contributed by atoms with Gasteiger partial charge in [0.25, 0.3) is 0 Å². The van der Waals surface area contributed by atoms with Crippen molar-refractivity contribution in [2.45, 2.75) is 31.5 Å². The van der Waals surface area contributed by atoms with Crippen molar-refractivity contribution in [3.05, 3.63) is 29.6 Å². The van der Waals surface area contributed by atoms with Gasteiger partial charge in [-0.05, 0) is 13.0 Å². The van der Waals surface area contributed by atoms with E-state index in [1.165, 1.54) is 0 Å². The average Bonchev–Trinajstić information content (AvgIpc) is 2.47. The Morgan fingerprint density at radius 3 is 2.67 bits per heavy atom. The van der Waals surface area contributed by atoms with Crippen LogP contribution in [-0.4, -0.2) is 36.2 Å². The number of ketones is 1. The number of alkyl halides is 3. The van der Waals surface area contributed by atoms with Crippen LogP contribution >= 0.6 is 0 Å². The van der Waals surface area contributed by atoms with E-state index >= 15 is 0 Å². The molecule has 1 aromatic heterocycles. The van der Waals surface area contributed by atoms with Gasteiger partial charge < -0.3 is 9.47 Å². The second kappa shape index (κ2) is 6.11. The highest BCUT2D eigenvalue weighted by molar-refractivity contribution is 6.03. The summed E-state index contributed by atoms with van der Waals surface area (Å²) < 4.78 is 49.8. The Labute approximate surface area is 120 Å². The lowest BCUT2D eigenvalue weighted by molar-refractivity contribution is -0.138. The van der Waals surface area contributed by atoms with Gasteiger partial charge in [0, 0.05) is 45.1 Å². The predicted molar refractivity (Wildman–Crippen MR) is 68.0 cm³/mol. The van der Waals surface area contributed by atoms with E-state index in [1.54, 1.807) is 6.92 Å². The van der Waals surface area contributed by atoms with Crippen molar-refractivity contribution in [1.29, 1.82) is 0 Å². The Hall–Kier alpha value is -1.47. The fourth-order valence-corrected chi connectivity index (χ4v) is 2.48. The van der Waals surface area contributed by atoms with E-state index in [1.807, 2.05) is 0 Å². The topological polar surface area (TPSA) is 48.4 Å². The highest BCUT2D eigenvalue weighted by atomic mass is 19.4. The van der Waals surface area contributed by atoms with E-state index < -0.39 is 28.7 Å². The Morgan fingerprint density at radius 2 is 2.10 bits per heavy atom. The molecule has 21 heavy (non-hydrogen) atoms. The first-order chi connectivity index (χ1) is 9.91. The quantitative estimate of drug-likeness (QED) is 0.803. The molecule has 2 rings (SSSR count). The normalized spacial score (nSPS) is 18.5. The number of carbonyl (C=O) groups excluding carboxylic acids is 1. The number of halogens is 3. The van der Waals surface area contributed by atoms with E-state index in [2.05, 4.69) is 4.98 Å². The lowest BCUT2D eigenvalue weighted by Gasteiger charge is -2.35. The van der Waals surface area contributed by atoms with Crippen LogP contribution in [0.5, 0.6) is 0 Å². The Kier molecular flexibility index (Phi) is 4.63. The van der Waals surface area contributed by atoms with Gasteiger partial charge in [-0.3, -0.25) is 9.78 Å². The molecule has 0 atom stereocenters. The van der Waals surface area contributed by atoms with Gasteiger partial charge in [0.15, 0.2) is 5.78 Å². The molecular formula is C14H16F3NO3. The second-order valence-electron chi connectivity index (χ2n) is 4.79. The molecule has 0 unspecified atom stereocenters. The third kappa shape index (κ3) is 3.24. The number of rotatable bonds is 4. The molecule has 0 aliphatic carbocycles. The maximum atomic E-state index is 13.0. The largest absolute Gasteiger partial charge is 0.417 e. The Balaban J connectivity index is 2.42. The smallest absolute Gasteiger partial charge is 0.381 e. The van der Waals surface area contributed by atoms with Gasteiger partial charge >= 0.3 is 6.18 Å². The fraction of sp³-hybridized carbons (Fsp3) is 0.571. The molecule has 116 valence electrons. The molecule has 0 saturated carbocycles. The summed E-state index contributed by atoms with van der Waals surface area (Å²) in [6.45, 7) is 2.52. The Bertz CT molecular complexity index is 505. The second-order valence-corrected chi connectivity index (χ2v) is 4.79. The minimum atomic E-state index is -4.60. The number of aromatic nitrogens is 1. The standard InChI is InChI=1S/C14H16F3NO3/c1-2-21-13(4-7-20-8-5-13)12(19)10-9-18-6-3-11(10)14(15,16)17/h3,6,9H,2,4-5,7-8H2,1H3. The average molecular weight is 303 g/mol. The molecule has 1 aliphatic rings. The summed E-state index contributed by atoms with van der Waals surface area (Å²) in [7, 11) is 0. The minimum Gasteiger partial charge on any atom is -0.381 e. The molecule has 1 aliphatic heterocycles. The zero-order valence-electron chi connectivity index (χ0n) is 11.6. The molecule has 4 nitrogen and oxygen atoms in total. The van der Waals surface area contributed by atoms with Gasteiger partial charge in [-0.15, -0.1) is 0 Å². The van der Waals surface area contributed by atoms with Gasteiger partial charge in [0.2, 0.25) is 0 Å². The van der Waals surface area contributed by atoms with Crippen molar-refractivity contribution < 1.29 is 27.4 Å². The summed E-state index contributed by atoms with van der Waals surface area (Å²) in [6, 6.07) is 0.812. The van der Waals surface area contributed by atoms with E-state index in [9.17, 15) is 18.0 Å². The monoisotopic (exact) mass is 303 g/mol. The van der Waals surface area contributed by atoms with Crippen molar-refractivity contribution in [2.24, 2.45) is 0 Å². The molecule has 7 heteroatoms. The molecule has 2 heterocycles. The van der Waals surface area contributed by atoms with Crippen molar-refractivity contribution in [2.75, 3.05) is 19.8 Å². The number of pyridine rings is 1. The Morgan fingerprint density at radius 1 is 1.43 bits per heavy atom. The van der Waals surface area contributed by atoms with Gasteiger partial charge in [-0.25, -0.2) is 0 Å². The summed E-state index contributed by atoms with van der Waals surface area (Å²) in [5.41, 5.74) is -2.68. The molecule has 1 fully saturated rings. The van der Waals surface area contributed by atoms with Crippen LogP contribution in [-0.2, 0) is 15.7 Å². The van der Waals surface area contributed by atoms with Crippen LogP contribution in [0.25, 0.3) is 0 Å². The minimum absolute atomic E-state index is 0.242. The maximum absolute atomic E-state index is 13.0. The van der Waals surface area contributed by atoms with Crippen LogP contribution < -0.4 is 0 Å². The van der Waals surface area contributed by atoms with Gasteiger partial charge in [-0.1, -0.05) is 0 Å². The number of nitrogens with zero attached hydrogens (tertiary/aromatic N) is 1. The molecule has 0 radical (unpaired) electrons. The van der Waals surface area contributed by atoms with Crippen molar-refractivity contribution in [3.8, 4) is 0 Å². The molecule has 1 aromatic rings. The van der Waals surface area contributed by atoms with Crippen molar-refractivity contribution >= 4 is 5.78 Å². The first kappa shape index (κ1) is 15.9. The van der Waals surface area contributed by atoms with Gasteiger partial charge in [0.1, 0.15) is 5.60 Å². The number of carbonyl (C=O) groups is 1. The summed E-state index contributed by atoms with van der Waals surface area (Å²) in [4.78, 5) is 16.3. The molecule has 0 bridgehead atoms. The van der Waals surface area contributed by atoms with Crippen LogP contribution in [0.1, 0.15) is 35.7 Å². The van der Waals surface area contributed by atoms with E-state index in [-0.39, 0.29) is 32.7 Å². The first-order valence-electron chi connectivity index (χ1n) is 6.68. The van der Waals surface area contributed by atoms with Gasteiger partial charge in [0.05, 0.1) is 11.1 Å². The highest BCUT2D eigenvalue weighted by Gasteiger charge is 2.45. The predicted octanol–water partition coefficient (Wildman–Crippen LogP) is 2.87. The van der Waals surface area contributed by atoms with Crippen LogP contribution in [0.4, 0.5) is 13.2 Å². The number of hydrogen-bond acceptors (Lipinski definition) is 4. The van der Waals surface area contributed by atoms with E-state index in [0.717, 1.165) is 18.5 Å². The zero-order chi connectivity index (χ0) is 15.5. The summed E-state index contributed by atoms with van der Waals surface area (Å²) in [5, 5.41) is 0. The first-order valence-corrected chi connectivity index (χ1v) is 6.68. The molecule has 0 amide bonds. The van der Waals surface area contributed by atoms with Crippen molar-refractivity contribution in [3.63, 3.8) is 0 Å². The summed E-state index contributed by atoms with van der Waals surface area (Å²) >= 11 is 0. The third-order valence-corrected chi connectivity index (χ3v) is 3.51. The van der Waals surface area contributed by atoms with Crippen LogP contribution in [0.15, 0.2) is 18.5 Å². The van der Waals surface area contributed by atoms with Crippen LogP contribution in [0, 0.1) is 0 Å². The number of ether oxygens (including phenoxy) is 2. The SMILES string of the molecule is CCOC1(C(=O)c2cnccc2C(F)(F)F)CCOCC1. The van der Waals surface area contributed by atoms with Gasteiger partial charge in [-0.2, -0.15) is 13.2 Å². The lowest BCUT2D eigenvalue weighted by Crippen LogP contribution is -2.47. The summed E-state index contributed by atoms with van der Waals surface area (Å²) in [5.74, 6) is -0.673. The molecular weight excluding hydrogens is 287 g/mol. The number of Topliss-reactive ketones (excluding diaryl/α,β-unsaturated/α-hetero) is 1. The summed E-state index contributed by atoms with van der Waals surface area (Å²) in [6.07, 6.45) is -2.14. The maximum Gasteiger partial charge on any atom is 0.417 e. The number of hydrogen-bond donors (Lipinski definition) is 0. The highest BCUT2D eigenvalue weighted by Crippen LogP contribution is 2.36. The lowest BCUT2D eigenvalue weighted by atomic mass is 9.84. The molecule has 1 saturated heterocycles. The zero-order valence-corrected chi connectivity index (χ0v) is 11.6.